The molecule has 2 rings (SSSR count). The molecule has 23 heavy (non-hydrogen) atoms. The van der Waals surface area contributed by atoms with E-state index in [1.54, 1.807) is 13.8 Å². The molecule has 1 aromatic heterocycles. The predicted molar refractivity (Wildman–Crippen MR) is 92.2 cm³/mol. The fourth-order valence-corrected chi connectivity index (χ4v) is 3.49. The second-order valence-electron chi connectivity index (χ2n) is 4.47. The van der Waals surface area contributed by atoms with E-state index in [-0.39, 0.29) is 5.91 Å². The Labute approximate surface area is 142 Å². The van der Waals surface area contributed by atoms with E-state index >= 15 is 0 Å². The number of rotatable bonds is 6. The number of carbonyl (C=O) groups is 2. The maximum Gasteiger partial charge on any atom is 0.321 e. The van der Waals surface area contributed by atoms with Gasteiger partial charge in [0, 0.05) is 12.2 Å². The van der Waals surface area contributed by atoms with Crippen LogP contribution >= 0.6 is 23.1 Å². The largest absolute Gasteiger partial charge is 0.338 e. The van der Waals surface area contributed by atoms with Crippen LogP contribution in [0.15, 0.2) is 34.7 Å². The number of benzene rings is 1. The molecule has 7 nitrogen and oxygen atoms in total. The molecule has 3 amide bonds. The van der Waals surface area contributed by atoms with Crippen LogP contribution in [0.25, 0.3) is 0 Å². The van der Waals surface area contributed by atoms with E-state index in [0.29, 0.717) is 16.0 Å². The van der Waals surface area contributed by atoms with E-state index in [9.17, 15) is 9.59 Å². The van der Waals surface area contributed by atoms with Crippen molar-refractivity contribution in [3.8, 4) is 0 Å². The van der Waals surface area contributed by atoms with Crippen LogP contribution in [0.2, 0.25) is 0 Å². The van der Waals surface area contributed by atoms with Crippen molar-refractivity contribution in [2.75, 3.05) is 11.9 Å². The average molecular weight is 351 g/mol. The minimum atomic E-state index is -0.492. The molecule has 0 aliphatic rings. The van der Waals surface area contributed by atoms with Gasteiger partial charge in [-0.25, -0.2) is 4.79 Å². The number of aromatic nitrogens is 2. The van der Waals surface area contributed by atoms with Crippen molar-refractivity contribution in [3.63, 3.8) is 0 Å². The molecule has 2 aromatic rings. The molecule has 1 atom stereocenters. The zero-order chi connectivity index (χ0) is 16.7. The third-order valence-corrected chi connectivity index (χ3v) is 4.68. The first-order valence-electron chi connectivity index (χ1n) is 6.99. The second-order valence-corrected chi connectivity index (χ2v) is 7.04. The highest BCUT2D eigenvalue weighted by molar-refractivity contribution is 8.02. The highest BCUT2D eigenvalue weighted by Gasteiger charge is 2.19. The topological polar surface area (TPSA) is 96.0 Å². The Hall–Kier alpha value is -2.13. The Morgan fingerprint density at radius 1 is 1.26 bits per heavy atom. The number of urea groups is 1. The zero-order valence-electron chi connectivity index (χ0n) is 12.7. The van der Waals surface area contributed by atoms with Crippen molar-refractivity contribution in [1.29, 1.82) is 0 Å². The normalized spacial score (nSPS) is 11.6. The van der Waals surface area contributed by atoms with Crippen molar-refractivity contribution in [2.45, 2.75) is 23.4 Å². The molecular weight excluding hydrogens is 334 g/mol. The van der Waals surface area contributed by atoms with E-state index in [4.69, 9.17) is 0 Å². The standard InChI is InChI=1S/C14H17N5O2S2/c1-3-15-12(21)17-11(20)9(2)22-14-19-18-13(23-14)16-10-7-5-4-6-8-10/h4-9H,3H2,1-2H3,(H,16,18)(H2,15,17,20,21). The molecule has 0 bridgehead atoms. The Kier molecular flexibility index (Phi) is 6.36. The summed E-state index contributed by atoms with van der Waals surface area (Å²) < 4.78 is 0.655. The van der Waals surface area contributed by atoms with Crippen LogP contribution in [0.3, 0.4) is 0 Å². The number of imide groups is 1. The number of nitrogens with one attached hydrogen (secondary N) is 3. The molecule has 1 aromatic carbocycles. The highest BCUT2D eigenvalue weighted by Crippen LogP contribution is 2.30. The molecule has 9 heteroatoms. The second kappa shape index (κ2) is 8.49. The van der Waals surface area contributed by atoms with E-state index in [2.05, 4.69) is 26.1 Å². The number of amides is 3. The van der Waals surface area contributed by atoms with E-state index in [0.717, 1.165) is 5.69 Å². The van der Waals surface area contributed by atoms with Gasteiger partial charge in [-0.3, -0.25) is 10.1 Å². The van der Waals surface area contributed by atoms with Gasteiger partial charge in [-0.15, -0.1) is 10.2 Å². The van der Waals surface area contributed by atoms with E-state index < -0.39 is 11.3 Å². The van der Waals surface area contributed by atoms with Crippen molar-refractivity contribution >= 4 is 45.9 Å². The molecule has 1 unspecified atom stereocenters. The molecule has 3 N–H and O–H groups in total. The zero-order valence-corrected chi connectivity index (χ0v) is 14.3. The van der Waals surface area contributed by atoms with Gasteiger partial charge in [-0.2, -0.15) is 0 Å². The molecule has 0 fully saturated rings. The molecular formula is C14H17N5O2S2. The van der Waals surface area contributed by atoms with Crippen LogP contribution in [0.4, 0.5) is 15.6 Å². The Bertz CT molecular complexity index is 662. The summed E-state index contributed by atoms with van der Waals surface area (Å²) >= 11 is 2.61. The monoisotopic (exact) mass is 351 g/mol. The SMILES string of the molecule is CCNC(=O)NC(=O)C(C)Sc1nnc(Nc2ccccc2)s1. The first-order valence-corrected chi connectivity index (χ1v) is 8.69. The number of nitrogens with zero attached hydrogens (tertiary/aromatic N) is 2. The van der Waals surface area contributed by atoms with Crippen molar-refractivity contribution < 1.29 is 9.59 Å². The van der Waals surface area contributed by atoms with Crippen molar-refractivity contribution in [1.82, 2.24) is 20.8 Å². The first-order chi connectivity index (χ1) is 11.1. The summed E-state index contributed by atoms with van der Waals surface area (Å²) in [6.45, 7) is 3.96. The maximum absolute atomic E-state index is 11.9. The predicted octanol–water partition coefficient (Wildman–Crippen LogP) is 2.61. The summed E-state index contributed by atoms with van der Waals surface area (Å²) in [5, 5.41) is 16.2. The number of thioether (sulfide) groups is 1. The van der Waals surface area contributed by atoms with Gasteiger partial charge in [0.2, 0.25) is 11.0 Å². The molecule has 0 saturated carbocycles. The quantitative estimate of drug-likeness (QED) is 0.692. The number of para-hydroxylation sites is 1. The summed E-state index contributed by atoms with van der Waals surface area (Å²) in [5.41, 5.74) is 0.919. The van der Waals surface area contributed by atoms with Gasteiger partial charge < -0.3 is 10.6 Å². The van der Waals surface area contributed by atoms with Crippen molar-refractivity contribution in [3.05, 3.63) is 30.3 Å². The molecule has 0 aliphatic carbocycles. The van der Waals surface area contributed by atoms with E-state index in [1.807, 2.05) is 30.3 Å². The third-order valence-electron chi connectivity index (χ3n) is 2.65. The maximum atomic E-state index is 11.9. The molecule has 0 spiro atoms. The van der Waals surface area contributed by atoms with Gasteiger partial charge in [-0.1, -0.05) is 41.3 Å². The summed E-state index contributed by atoms with van der Waals surface area (Å²) in [5.74, 6) is -0.367. The summed E-state index contributed by atoms with van der Waals surface area (Å²) in [7, 11) is 0. The fraction of sp³-hybridized carbons (Fsp3) is 0.286. The lowest BCUT2D eigenvalue weighted by molar-refractivity contribution is -0.119. The van der Waals surface area contributed by atoms with Crippen LogP contribution < -0.4 is 16.0 Å². The van der Waals surface area contributed by atoms with Gasteiger partial charge in [0.15, 0.2) is 4.34 Å². The highest BCUT2D eigenvalue weighted by atomic mass is 32.2. The summed E-state index contributed by atoms with van der Waals surface area (Å²) in [4.78, 5) is 23.2. The number of hydrogen-bond donors (Lipinski definition) is 3. The lowest BCUT2D eigenvalue weighted by atomic mass is 10.3. The summed E-state index contributed by atoms with van der Waals surface area (Å²) in [6.07, 6.45) is 0. The van der Waals surface area contributed by atoms with Crippen LogP contribution in [-0.2, 0) is 4.79 Å². The van der Waals surface area contributed by atoms with Gasteiger partial charge in [-0.05, 0) is 26.0 Å². The average Bonchev–Trinajstić information content (AvgIpc) is 2.95. The van der Waals surface area contributed by atoms with Crippen LogP contribution in [0.5, 0.6) is 0 Å². The molecule has 0 saturated heterocycles. The lowest BCUT2D eigenvalue weighted by Crippen LogP contribution is -2.42. The minimum absolute atomic E-state index is 0.367. The first kappa shape index (κ1) is 17.2. The third kappa shape index (κ3) is 5.53. The Balaban J connectivity index is 1.88. The van der Waals surface area contributed by atoms with Crippen LogP contribution in [0, 0.1) is 0 Å². The van der Waals surface area contributed by atoms with Gasteiger partial charge in [0.1, 0.15) is 0 Å². The number of hydrogen-bond acceptors (Lipinski definition) is 7. The van der Waals surface area contributed by atoms with Crippen LogP contribution in [0.1, 0.15) is 13.8 Å². The number of carbonyl (C=O) groups excluding carboxylic acids is 2. The van der Waals surface area contributed by atoms with Gasteiger partial charge in [0.25, 0.3) is 0 Å². The Morgan fingerprint density at radius 2 is 2.00 bits per heavy atom. The molecule has 1 heterocycles. The number of anilines is 2. The fourth-order valence-electron chi connectivity index (χ4n) is 1.58. The summed E-state index contributed by atoms with van der Waals surface area (Å²) in [6, 6.07) is 9.14. The Morgan fingerprint density at radius 3 is 2.70 bits per heavy atom. The molecule has 122 valence electrons. The molecule has 0 radical (unpaired) electrons. The minimum Gasteiger partial charge on any atom is -0.338 e. The van der Waals surface area contributed by atoms with Gasteiger partial charge in [0.05, 0.1) is 5.25 Å². The van der Waals surface area contributed by atoms with E-state index in [1.165, 1.54) is 23.1 Å². The van der Waals surface area contributed by atoms with Crippen molar-refractivity contribution in [2.24, 2.45) is 0 Å². The lowest BCUT2D eigenvalue weighted by Gasteiger charge is -2.09. The van der Waals surface area contributed by atoms with Gasteiger partial charge >= 0.3 is 6.03 Å². The van der Waals surface area contributed by atoms with Crippen LogP contribution in [-0.4, -0.2) is 33.9 Å². The molecule has 0 aliphatic heterocycles. The smallest absolute Gasteiger partial charge is 0.321 e.